The molecule has 5 N–H and O–H groups in total. The van der Waals surface area contributed by atoms with Gasteiger partial charge in [0.2, 0.25) is 0 Å². The van der Waals surface area contributed by atoms with Gasteiger partial charge in [0.1, 0.15) is 0 Å². The van der Waals surface area contributed by atoms with Gasteiger partial charge in [-0.2, -0.15) is 0 Å². The number of rotatable bonds is 8. The fourth-order valence-corrected chi connectivity index (χ4v) is 1.15. The van der Waals surface area contributed by atoms with E-state index in [0.717, 1.165) is 26.2 Å². The molecule has 0 fully saturated rings. The summed E-state index contributed by atoms with van der Waals surface area (Å²) in [4.78, 5) is 10.3. The Morgan fingerprint density at radius 2 is 1.88 bits per heavy atom. The molecule has 0 rings (SSSR count). The first-order valence-corrected chi connectivity index (χ1v) is 5.70. The van der Waals surface area contributed by atoms with Crippen LogP contribution in [0.2, 0.25) is 0 Å². The summed E-state index contributed by atoms with van der Waals surface area (Å²) in [7, 11) is 0. The highest BCUT2D eigenvalue weighted by atomic mass is 32.1. The Morgan fingerprint density at radius 1 is 1.25 bits per heavy atom. The monoisotopic (exact) mass is 248 g/mol. The number of amides is 2. The molecule has 0 atom stereocenters. The van der Waals surface area contributed by atoms with Crippen LogP contribution in [-0.4, -0.2) is 44.0 Å². The lowest BCUT2D eigenvalue weighted by Crippen LogP contribution is -2.41. The quantitative estimate of drug-likeness (QED) is 0.345. The predicted molar refractivity (Wildman–Crippen MR) is 67.3 cm³/mol. The van der Waals surface area contributed by atoms with Gasteiger partial charge < -0.3 is 26.4 Å². The number of urea groups is 1. The molecule has 0 aliphatic heterocycles. The Kier molecular flexibility index (Phi) is 9.73. The van der Waals surface area contributed by atoms with Gasteiger partial charge in [0.05, 0.1) is 0 Å². The van der Waals surface area contributed by atoms with Crippen LogP contribution in [0.1, 0.15) is 13.3 Å². The maximum absolute atomic E-state index is 10.3. The van der Waals surface area contributed by atoms with Crippen molar-refractivity contribution in [3.8, 4) is 0 Å². The average Bonchev–Trinajstić information content (AvgIpc) is 2.24. The zero-order valence-electron chi connectivity index (χ0n) is 9.54. The topological polar surface area (TPSA) is 88.4 Å². The lowest BCUT2D eigenvalue weighted by molar-refractivity contribution is 0.145. The fraction of sp³-hybridized carbons (Fsp3) is 0.778. The number of nitrogens with two attached hydrogens (primary N) is 1. The Balaban J connectivity index is 3.21. The van der Waals surface area contributed by atoms with Crippen molar-refractivity contribution in [2.24, 2.45) is 5.73 Å². The summed E-state index contributed by atoms with van der Waals surface area (Å²) >= 11 is 5.00. The molecule has 0 unspecified atom stereocenters. The largest absolute Gasteiger partial charge is 0.382 e. The molecule has 0 bridgehead atoms. The number of hydrogen-bond acceptors (Lipinski definition) is 3. The summed E-state index contributed by atoms with van der Waals surface area (Å²) in [6, 6.07) is -0.530. The Hall–Kier alpha value is -1.08. The van der Waals surface area contributed by atoms with Gasteiger partial charge in [-0.05, 0) is 25.6 Å². The average molecular weight is 248 g/mol. The number of carbonyl (C=O) groups excluding carboxylic acids is 1. The maximum Gasteiger partial charge on any atom is 0.312 e. The molecule has 2 amide bonds. The van der Waals surface area contributed by atoms with Crippen molar-refractivity contribution in [1.29, 1.82) is 0 Å². The minimum Gasteiger partial charge on any atom is -0.382 e. The van der Waals surface area contributed by atoms with E-state index in [1.807, 2.05) is 6.92 Å². The van der Waals surface area contributed by atoms with E-state index in [4.69, 9.17) is 22.7 Å². The van der Waals surface area contributed by atoms with Gasteiger partial charge in [0.15, 0.2) is 5.11 Å². The molecular weight excluding hydrogens is 228 g/mol. The van der Waals surface area contributed by atoms with Crippen LogP contribution in [-0.2, 0) is 4.74 Å². The smallest absolute Gasteiger partial charge is 0.312 e. The lowest BCUT2D eigenvalue weighted by Gasteiger charge is -2.10. The third-order valence-electron chi connectivity index (χ3n) is 1.66. The third kappa shape index (κ3) is 11.0. The second-order valence-electron chi connectivity index (χ2n) is 3.02. The molecule has 0 aliphatic carbocycles. The Morgan fingerprint density at radius 3 is 2.50 bits per heavy atom. The first-order chi connectivity index (χ1) is 7.66. The zero-order chi connectivity index (χ0) is 12.2. The molecule has 6 nitrogen and oxygen atoms in total. The van der Waals surface area contributed by atoms with Crippen LogP contribution < -0.4 is 21.7 Å². The SMILES string of the molecule is CCOCCCNC(=S)NCCNC(N)=O. The summed E-state index contributed by atoms with van der Waals surface area (Å²) in [6.45, 7) is 5.22. The number of primary amides is 1. The number of thiocarbonyl (C=S) groups is 1. The van der Waals surface area contributed by atoms with Crippen molar-refractivity contribution in [3.05, 3.63) is 0 Å². The van der Waals surface area contributed by atoms with E-state index in [-0.39, 0.29) is 0 Å². The lowest BCUT2D eigenvalue weighted by atomic mass is 10.4. The number of hydrogen-bond donors (Lipinski definition) is 4. The van der Waals surface area contributed by atoms with Crippen LogP contribution >= 0.6 is 12.2 Å². The van der Waals surface area contributed by atoms with Crippen molar-refractivity contribution < 1.29 is 9.53 Å². The Labute approximate surface area is 101 Å². The van der Waals surface area contributed by atoms with E-state index < -0.39 is 6.03 Å². The molecule has 0 saturated carbocycles. The van der Waals surface area contributed by atoms with E-state index >= 15 is 0 Å². The summed E-state index contributed by atoms with van der Waals surface area (Å²) in [5.41, 5.74) is 4.90. The number of ether oxygens (including phenoxy) is 1. The van der Waals surface area contributed by atoms with E-state index in [0.29, 0.717) is 18.2 Å². The molecule has 0 aromatic carbocycles. The van der Waals surface area contributed by atoms with Gasteiger partial charge in [-0.25, -0.2) is 4.79 Å². The van der Waals surface area contributed by atoms with Gasteiger partial charge >= 0.3 is 6.03 Å². The number of nitrogens with one attached hydrogen (secondary N) is 3. The third-order valence-corrected chi connectivity index (χ3v) is 1.95. The van der Waals surface area contributed by atoms with Crippen LogP contribution in [0, 0.1) is 0 Å². The molecule has 7 heteroatoms. The molecule has 0 radical (unpaired) electrons. The van der Waals surface area contributed by atoms with Gasteiger partial charge in [0, 0.05) is 32.8 Å². The molecule has 94 valence electrons. The first kappa shape index (κ1) is 14.9. The molecule has 16 heavy (non-hydrogen) atoms. The minimum absolute atomic E-state index is 0.454. The highest BCUT2D eigenvalue weighted by molar-refractivity contribution is 7.80. The molecule has 0 aliphatic rings. The summed E-state index contributed by atoms with van der Waals surface area (Å²) in [6.07, 6.45) is 0.912. The summed E-state index contributed by atoms with van der Waals surface area (Å²) < 4.78 is 5.18. The number of carbonyl (C=O) groups is 1. The molecule has 0 heterocycles. The summed E-state index contributed by atoms with van der Waals surface area (Å²) in [5, 5.41) is 8.99. The van der Waals surface area contributed by atoms with Gasteiger partial charge in [-0.3, -0.25) is 0 Å². The van der Waals surface area contributed by atoms with E-state index in [1.165, 1.54) is 0 Å². The Bertz CT molecular complexity index is 214. The second-order valence-corrected chi connectivity index (χ2v) is 3.43. The molecule has 0 aromatic rings. The van der Waals surface area contributed by atoms with Crippen molar-refractivity contribution in [3.63, 3.8) is 0 Å². The predicted octanol–water partition coefficient (Wildman–Crippen LogP) is -0.455. The van der Waals surface area contributed by atoms with E-state index in [1.54, 1.807) is 0 Å². The summed E-state index contributed by atoms with van der Waals surface area (Å²) in [5.74, 6) is 0. The van der Waals surface area contributed by atoms with Crippen LogP contribution in [0.5, 0.6) is 0 Å². The zero-order valence-corrected chi connectivity index (χ0v) is 10.4. The van der Waals surface area contributed by atoms with Gasteiger partial charge in [-0.15, -0.1) is 0 Å². The molecule has 0 spiro atoms. The van der Waals surface area contributed by atoms with E-state index in [2.05, 4.69) is 16.0 Å². The van der Waals surface area contributed by atoms with Gasteiger partial charge in [-0.1, -0.05) is 0 Å². The standard InChI is InChI=1S/C9H20N4O2S/c1-2-15-7-3-4-12-9(16)13-6-5-11-8(10)14/h2-7H2,1H3,(H3,10,11,14)(H2,12,13,16). The highest BCUT2D eigenvalue weighted by Crippen LogP contribution is 1.80. The van der Waals surface area contributed by atoms with Crippen LogP contribution in [0.3, 0.4) is 0 Å². The normalized spacial score (nSPS) is 9.56. The van der Waals surface area contributed by atoms with Gasteiger partial charge in [0.25, 0.3) is 0 Å². The molecular formula is C9H20N4O2S. The van der Waals surface area contributed by atoms with Crippen molar-refractivity contribution in [2.45, 2.75) is 13.3 Å². The maximum atomic E-state index is 10.3. The molecule has 0 saturated heterocycles. The second kappa shape index (κ2) is 10.4. The van der Waals surface area contributed by atoms with Crippen LogP contribution in [0.15, 0.2) is 0 Å². The fourth-order valence-electron chi connectivity index (χ4n) is 0.945. The van der Waals surface area contributed by atoms with E-state index in [9.17, 15) is 4.79 Å². The van der Waals surface area contributed by atoms with Crippen LogP contribution in [0.25, 0.3) is 0 Å². The first-order valence-electron chi connectivity index (χ1n) is 5.29. The molecule has 0 aromatic heterocycles. The highest BCUT2D eigenvalue weighted by Gasteiger charge is 1.95. The van der Waals surface area contributed by atoms with Crippen molar-refractivity contribution >= 4 is 23.4 Å². The van der Waals surface area contributed by atoms with Crippen molar-refractivity contribution in [1.82, 2.24) is 16.0 Å². The van der Waals surface area contributed by atoms with Crippen LogP contribution in [0.4, 0.5) is 4.79 Å². The minimum atomic E-state index is -0.530. The van der Waals surface area contributed by atoms with Crippen molar-refractivity contribution in [2.75, 3.05) is 32.8 Å².